The standard InChI is InChI=1S/C20H25N3O2S/c1-12-7-13-9-16(20-21-14(11-26-20)10-18(24)25)22-19(13)17(8-12)23(2)15-5-3-4-6-15/h7-9,14-15,22H,3-6,10-11H2,1-2H3,(H,24,25)/t14-/m0/s1. The Hall–Kier alpha value is -1.95. The highest BCUT2D eigenvalue weighted by molar-refractivity contribution is 8.14. The van der Waals surface area contributed by atoms with E-state index in [9.17, 15) is 4.79 Å². The van der Waals surface area contributed by atoms with E-state index in [1.807, 2.05) is 0 Å². The number of nitrogens with one attached hydrogen (secondary N) is 1. The second kappa shape index (κ2) is 6.99. The Morgan fingerprint density at radius 3 is 2.85 bits per heavy atom. The molecule has 1 aromatic heterocycles. The monoisotopic (exact) mass is 371 g/mol. The van der Waals surface area contributed by atoms with Crippen molar-refractivity contribution in [3.05, 3.63) is 29.5 Å². The van der Waals surface area contributed by atoms with Gasteiger partial charge in [0.25, 0.3) is 0 Å². The fraction of sp³-hybridized carbons (Fsp3) is 0.500. The van der Waals surface area contributed by atoms with Gasteiger partial charge in [-0.3, -0.25) is 9.79 Å². The molecule has 1 fully saturated rings. The van der Waals surface area contributed by atoms with E-state index in [4.69, 9.17) is 5.11 Å². The Morgan fingerprint density at radius 2 is 2.12 bits per heavy atom. The predicted molar refractivity (Wildman–Crippen MR) is 109 cm³/mol. The first-order chi connectivity index (χ1) is 12.5. The van der Waals surface area contributed by atoms with Crippen LogP contribution in [0.15, 0.2) is 23.2 Å². The summed E-state index contributed by atoms with van der Waals surface area (Å²) in [5.41, 5.74) is 4.67. The number of thioether (sulfide) groups is 1. The summed E-state index contributed by atoms with van der Waals surface area (Å²) in [6.07, 6.45) is 5.26. The zero-order valence-corrected chi connectivity index (χ0v) is 16.1. The van der Waals surface area contributed by atoms with Gasteiger partial charge in [-0.05, 0) is 43.5 Å². The number of aromatic amines is 1. The summed E-state index contributed by atoms with van der Waals surface area (Å²) in [7, 11) is 2.20. The first kappa shape index (κ1) is 17.5. The van der Waals surface area contributed by atoms with E-state index in [0.29, 0.717) is 6.04 Å². The molecule has 4 rings (SSSR count). The molecule has 0 unspecified atom stereocenters. The zero-order valence-electron chi connectivity index (χ0n) is 15.3. The molecule has 0 amide bonds. The summed E-state index contributed by atoms with van der Waals surface area (Å²) in [6.45, 7) is 2.14. The molecule has 138 valence electrons. The maximum atomic E-state index is 10.9. The molecule has 2 heterocycles. The third kappa shape index (κ3) is 3.34. The minimum Gasteiger partial charge on any atom is -0.481 e. The number of hydrogen-bond acceptors (Lipinski definition) is 4. The van der Waals surface area contributed by atoms with Crippen molar-refractivity contribution in [3.8, 4) is 0 Å². The van der Waals surface area contributed by atoms with Gasteiger partial charge in [0.1, 0.15) is 5.04 Å². The lowest BCUT2D eigenvalue weighted by Crippen LogP contribution is -2.29. The van der Waals surface area contributed by atoms with Gasteiger partial charge in [0.2, 0.25) is 0 Å². The van der Waals surface area contributed by atoms with Gasteiger partial charge in [0, 0.05) is 24.2 Å². The Labute approximate surface area is 157 Å². The summed E-state index contributed by atoms with van der Waals surface area (Å²) in [5, 5.41) is 11.1. The normalized spacial score (nSPS) is 20.7. The fourth-order valence-electron chi connectivity index (χ4n) is 4.12. The van der Waals surface area contributed by atoms with E-state index in [1.54, 1.807) is 11.8 Å². The topological polar surface area (TPSA) is 68.7 Å². The van der Waals surface area contributed by atoms with Crippen molar-refractivity contribution in [3.63, 3.8) is 0 Å². The van der Waals surface area contributed by atoms with Gasteiger partial charge in [0.15, 0.2) is 0 Å². The van der Waals surface area contributed by atoms with Crippen molar-refractivity contribution in [1.29, 1.82) is 0 Å². The second-order valence-electron chi connectivity index (χ2n) is 7.48. The average molecular weight is 372 g/mol. The molecule has 0 radical (unpaired) electrons. The van der Waals surface area contributed by atoms with Crippen molar-refractivity contribution in [2.45, 2.75) is 51.1 Å². The molecule has 26 heavy (non-hydrogen) atoms. The van der Waals surface area contributed by atoms with Crippen LogP contribution in [0.5, 0.6) is 0 Å². The molecule has 0 saturated heterocycles. The quantitative estimate of drug-likeness (QED) is 0.827. The number of carbonyl (C=O) groups is 1. The van der Waals surface area contributed by atoms with Crippen molar-refractivity contribution in [2.75, 3.05) is 17.7 Å². The zero-order chi connectivity index (χ0) is 18.3. The van der Waals surface area contributed by atoms with Gasteiger partial charge >= 0.3 is 5.97 Å². The summed E-state index contributed by atoms with van der Waals surface area (Å²) < 4.78 is 0. The van der Waals surface area contributed by atoms with Gasteiger partial charge in [-0.2, -0.15) is 0 Å². The number of aromatic nitrogens is 1. The van der Waals surface area contributed by atoms with E-state index in [-0.39, 0.29) is 12.5 Å². The lowest BCUT2D eigenvalue weighted by Gasteiger charge is -2.27. The molecule has 1 aromatic carbocycles. The molecule has 1 aliphatic heterocycles. The Kier molecular flexibility index (Phi) is 4.69. The lowest BCUT2D eigenvalue weighted by atomic mass is 10.1. The van der Waals surface area contributed by atoms with E-state index >= 15 is 0 Å². The maximum absolute atomic E-state index is 10.9. The molecule has 1 aliphatic carbocycles. The number of carboxylic acids is 1. The van der Waals surface area contributed by atoms with E-state index in [0.717, 1.165) is 22.0 Å². The maximum Gasteiger partial charge on any atom is 0.305 e. The minimum absolute atomic E-state index is 0.103. The van der Waals surface area contributed by atoms with Crippen LogP contribution >= 0.6 is 11.8 Å². The number of carboxylic acid groups (broad SMARTS) is 1. The molecule has 1 atom stereocenters. The van der Waals surface area contributed by atoms with Gasteiger partial charge in [0.05, 0.1) is 29.4 Å². The van der Waals surface area contributed by atoms with Crippen LogP contribution in [-0.2, 0) is 4.79 Å². The van der Waals surface area contributed by atoms with Gasteiger partial charge in [-0.15, -0.1) is 11.8 Å². The van der Waals surface area contributed by atoms with E-state index in [2.05, 4.69) is 47.0 Å². The number of benzene rings is 1. The average Bonchev–Trinajstić information content (AvgIpc) is 3.32. The third-order valence-corrected chi connectivity index (χ3v) is 6.61. The van der Waals surface area contributed by atoms with Gasteiger partial charge < -0.3 is 15.0 Å². The Balaban J connectivity index is 1.69. The molecule has 0 spiro atoms. The number of fused-ring (bicyclic) bond motifs is 1. The van der Waals surface area contributed by atoms with Crippen LogP contribution in [0.1, 0.15) is 43.4 Å². The second-order valence-corrected chi connectivity index (χ2v) is 8.49. The highest BCUT2D eigenvalue weighted by Crippen LogP contribution is 2.35. The van der Waals surface area contributed by atoms with E-state index in [1.165, 1.54) is 42.3 Å². The van der Waals surface area contributed by atoms with Gasteiger partial charge in [-0.25, -0.2) is 0 Å². The highest BCUT2D eigenvalue weighted by atomic mass is 32.2. The molecular weight excluding hydrogens is 346 g/mol. The van der Waals surface area contributed by atoms with Crippen LogP contribution in [0.4, 0.5) is 5.69 Å². The summed E-state index contributed by atoms with van der Waals surface area (Å²) >= 11 is 1.65. The lowest BCUT2D eigenvalue weighted by molar-refractivity contribution is -0.137. The number of hydrogen-bond donors (Lipinski definition) is 2. The molecule has 0 bridgehead atoms. The SMILES string of the molecule is Cc1cc(N(C)C2CCCC2)c2[nH]c(C3=N[C@@H](CC(=O)O)CS3)cc2c1. The van der Waals surface area contributed by atoms with Crippen molar-refractivity contribution >= 4 is 39.4 Å². The number of anilines is 1. The number of nitrogens with zero attached hydrogens (tertiary/aromatic N) is 2. The Morgan fingerprint density at radius 1 is 1.35 bits per heavy atom. The molecule has 1 saturated carbocycles. The first-order valence-corrected chi connectivity index (χ1v) is 10.3. The molecule has 6 heteroatoms. The number of rotatable bonds is 5. The number of aliphatic carboxylic acids is 1. The summed E-state index contributed by atoms with van der Waals surface area (Å²) in [6, 6.07) is 7.11. The molecule has 2 aliphatic rings. The minimum atomic E-state index is -0.784. The predicted octanol–water partition coefficient (Wildman–Crippen LogP) is 4.19. The molecule has 2 N–H and O–H groups in total. The van der Waals surface area contributed by atoms with Crippen molar-refractivity contribution < 1.29 is 9.90 Å². The van der Waals surface area contributed by atoms with Crippen LogP contribution in [0.2, 0.25) is 0 Å². The highest BCUT2D eigenvalue weighted by Gasteiger charge is 2.25. The van der Waals surface area contributed by atoms with E-state index < -0.39 is 5.97 Å². The van der Waals surface area contributed by atoms with Crippen LogP contribution in [0, 0.1) is 6.92 Å². The first-order valence-electron chi connectivity index (χ1n) is 9.30. The van der Waals surface area contributed by atoms with Crippen LogP contribution in [0.3, 0.4) is 0 Å². The largest absolute Gasteiger partial charge is 0.481 e. The number of aliphatic imine (C=N–C) groups is 1. The summed E-state index contributed by atoms with van der Waals surface area (Å²) in [5.74, 6) is -0.0430. The smallest absolute Gasteiger partial charge is 0.305 e. The number of aryl methyl sites for hydroxylation is 1. The van der Waals surface area contributed by atoms with Crippen LogP contribution in [-0.4, -0.2) is 46.0 Å². The van der Waals surface area contributed by atoms with Crippen LogP contribution < -0.4 is 4.90 Å². The van der Waals surface area contributed by atoms with Crippen LogP contribution in [0.25, 0.3) is 10.9 Å². The summed E-state index contributed by atoms with van der Waals surface area (Å²) in [4.78, 5) is 21.6. The molecule has 2 aromatic rings. The molecule has 5 nitrogen and oxygen atoms in total. The van der Waals surface area contributed by atoms with Crippen molar-refractivity contribution in [1.82, 2.24) is 4.98 Å². The number of H-pyrrole nitrogens is 1. The fourth-order valence-corrected chi connectivity index (χ4v) is 5.15. The van der Waals surface area contributed by atoms with Gasteiger partial charge in [-0.1, -0.05) is 12.8 Å². The molecular formula is C20H25N3O2S. The van der Waals surface area contributed by atoms with Crippen molar-refractivity contribution in [2.24, 2.45) is 4.99 Å². The Bertz CT molecular complexity index is 867. The third-order valence-electron chi connectivity index (χ3n) is 5.46.